The Morgan fingerprint density at radius 2 is 2.17 bits per heavy atom. The smallest absolute Gasteiger partial charge is 0.227 e. The van der Waals surface area contributed by atoms with Gasteiger partial charge in [0, 0.05) is 6.04 Å². The highest BCUT2D eigenvalue weighted by Gasteiger charge is 2.51. The maximum Gasteiger partial charge on any atom is 0.227 e. The zero-order valence-corrected chi connectivity index (χ0v) is 6.73. The average Bonchev–Trinajstić information content (AvgIpc) is 2.84. The van der Waals surface area contributed by atoms with Crippen LogP contribution in [-0.2, 0) is 4.79 Å². The van der Waals surface area contributed by atoms with Crippen molar-refractivity contribution in [2.75, 3.05) is 0 Å². The summed E-state index contributed by atoms with van der Waals surface area (Å²) >= 11 is 0. The van der Waals surface area contributed by atoms with E-state index in [2.05, 4.69) is 17.5 Å². The molecular weight excluding hydrogens is 150 g/mol. The van der Waals surface area contributed by atoms with Gasteiger partial charge in [0.05, 0.1) is 5.92 Å². The number of amides is 1. The summed E-state index contributed by atoms with van der Waals surface area (Å²) in [4.78, 5) is 11.5. The van der Waals surface area contributed by atoms with E-state index < -0.39 is 0 Å². The molecule has 4 unspecified atom stereocenters. The Labute approximate surface area is 71.3 Å². The van der Waals surface area contributed by atoms with Crippen LogP contribution in [0.3, 0.4) is 0 Å². The number of hydrogen-bond donors (Lipinski definition) is 1. The third-order valence-electron chi connectivity index (χ3n) is 3.14. The molecule has 1 amide bonds. The minimum atomic E-state index is 0.124. The van der Waals surface area contributed by atoms with Crippen LogP contribution in [0.25, 0.3) is 0 Å². The molecule has 0 spiro atoms. The molecule has 0 radical (unpaired) electrons. The summed E-state index contributed by atoms with van der Waals surface area (Å²) in [7, 11) is 0. The molecule has 4 atom stereocenters. The van der Waals surface area contributed by atoms with E-state index in [0.29, 0.717) is 12.0 Å². The Morgan fingerprint density at radius 3 is 3.08 bits per heavy atom. The third kappa shape index (κ3) is 0.724. The number of carbonyl (C=O) groups is 1. The van der Waals surface area contributed by atoms with E-state index in [1.165, 1.54) is 6.42 Å². The van der Waals surface area contributed by atoms with Crippen molar-refractivity contribution in [2.24, 2.45) is 17.8 Å². The third-order valence-corrected chi connectivity index (χ3v) is 3.14. The molecule has 1 saturated heterocycles. The van der Waals surface area contributed by atoms with E-state index in [-0.39, 0.29) is 11.8 Å². The second kappa shape index (κ2) is 2.00. The van der Waals surface area contributed by atoms with Gasteiger partial charge in [-0.1, -0.05) is 24.3 Å². The Hall–Kier alpha value is -1.05. The molecule has 12 heavy (non-hydrogen) atoms. The van der Waals surface area contributed by atoms with Crippen LogP contribution in [0, 0.1) is 17.8 Å². The normalized spacial score (nSPS) is 47.8. The van der Waals surface area contributed by atoms with Crippen molar-refractivity contribution >= 4 is 5.91 Å². The van der Waals surface area contributed by atoms with Crippen molar-refractivity contribution in [3.63, 3.8) is 0 Å². The van der Waals surface area contributed by atoms with Gasteiger partial charge in [-0.2, -0.15) is 0 Å². The Balaban J connectivity index is 1.96. The number of allylic oxidation sites excluding steroid dienone is 3. The van der Waals surface area contributed by atoms with Gasteiger partial charge < -0.3 is 5.32 Å². The van der Waals surface area contributed by atoms with Gasteiger partial charge in [0.2, 0.25) is 5.91 Å². The zero-order chi connectivity index (χ0) is 8.13. The summed E-state index contributed by atoms with van der Waals surface area (Å²) in [5.74, 6) is 1.57. The summed E-state index contributed by atoms with van der Waals surface area (Å²) in [6, 6.07) is 0.495. The van der Waals surface area contributed by atoms with Crippen LogP contribution in [-0.4, -0.2) is 11.9 Å². The van der Waals surface area contributed by atoms with E-state index in [0.717, 1.165) is 5.92 Å². The van der Waals surface area contributed by atoms with Gasteiger partial charge in [0.25, 0.3) is 0 Å². The van der Waals surface area contributed by atoms with Crippen LogP contribution >= 0.6 is 0 Å². The first-order valence-corrected chi connectivity index (χ1v) is 4.51. The molecule has 0 aromatic rings. The minimum Gasteiger partial charge on any atom is -0.353 e. The lowest BCUT2D eigenvalue weighted by Gasteiger charge is -2.27. The van der Waals surface area contributed by atoms with E-state index in [1.54, 1.807) is 0 Å². The summed E-state index contributed by atoms with van der Waals surface area (Å²) < 4.78 is 0. The fourth-order valence-electron chi connectivity index (χ4n) is 2.38. The molecular formula is C10H11NO. The molecule has 0 aromatic heterocycles. The number of nitrogens with one attached hydrogen (secondary N) is 1. The number of fused-ring (bicyclic) bond motifs is 3. The van der Waals surface area contributed by atoms with E-state index in [1.807, 2.05) is 12.2 Å². The lowest BCUT2D eigenvalue weighted by Crippen LogP contribution is -2.42. The number of hydrogen-bond acceptors (Lipinski definition) is 1. The summed E-state index contributed by atoms with van der Waals surface area (Å²) in [6.07, 6.45) is 9.44. The topological polar surface area (TPSA) is 29.1 Å². The predicted octanol–water partition coefficient (Wildman–Crippen LogP) is 0.863. The molecule has 1 aliphatic heterocycles. The molecule has 1 saturated carbocycles. The lowest BCUT2D eigenvalue weighted by atomic mass is 9.82. The van der Waals surface area contributed by atoms with Crippen LogP contribution in [0.2, 0.25) is 0 Å². The molecule has 2 fully saturated rings. The van der Waals surface area contributed by atoms with E-state index >= 15 is 0 Å². The highest BCUT2D eigenvalue weighted by molar-refractivity contribution is 5.83. The number of carbonyl (C=O) groups excluding carboxylic acids is 1. The molecule has 0 aromatic carbocycles. The van der Waals surface area contributed by atoms with Crippen LogP contribution in [0.1, 0.15) is 6.42 Å². The highest BCUT2D eigenvalue weighted by Crippen LogP contribution is 2.46. The first-order valence-electron chi connectivity index (χ1n) is 4.51. The van der Waals surface area contributed by atoms with Crippen LogP contribution in [0.5, 0.6) is 0 Å². The zero-order valence-electron chi connectivity index (χ0n) is 6.73. The van der Waals surface area contributed by atoms with Crippen molar-refractivity contribution in [1.29, 1.82) is 0 Å². The molecule has 3 aliphatic rings. The van der Waals surface area contributed by atoms with Gasteiger partial charge in [-0.05, 0) is 18.3 Å². The van der Waals surface area contributed by atoms with Crippen LogP contribution in [0.15, 0.2) is 24.3 Å². The maximum absolute atomic E-state index is 11.5. The average molecular weight is 161 g/mol. The second-order valence-electron chi connectivity index (χ2n) is 3.89. The molecule has 0 bridgehead atoms. The number of rotatable bonds is 0. The summed E-state index contributed by atoms with van der Waals surface area (Å²) in [5.41, 5.74) is 0. The highest BCUT2D eigenvalue weighted by atomic mass is 16.2. The van der Waals surface area contributed by atoms with Gasteiger partial charge in [-0.25, -0.2) is 0 Å². The second-order valence-corrected chi connectivity index (χ2v) is 3.89. The Kier molecular flexibility index (Phi) is 1.08. The lowest BCUT2D eigenvalue weighted by molar-refractivity contribution is -0.126. The van der Waals surface area contributed by atoms with Gasteiger partial charge in [-0.15, -0.1) is 0 Å². The number of piperidine rings is 1. The van der Waals surface area contributed by atoms with Gasteiger partial charge in [-0.3, -0.25) is 4.79 Å². The largest absolute Gasteiger partial charge is 0.353 e. The van der Waals surface area contributed by atoms with Crippen molar-refractivity contribution in [3.05, 3.63) is 24.3 Å². The quantitative estimate of drug-likeness (QED) is 0.561. The van der Waals surface area contributed by atoms with Crippen LogP contribution in [0.4, 0.5) is 0 Å². The van der Waals surface area contributed by atoms with Crippen molar-refractivity contribution in [1.82, 2.24) is 5.32 Å². The minimum absolute atomic E-state index is 0.124. The molecule has 2 nitrogen and oxygen atoms in total. The Morgan fingerprint density at radius 1 is 1.33 bits per heavy atom. The monoisotopic (exact) mass is 161 g/mol. The maximum atomic E-state index is 11.5. The van der Waals surface area contributed by atoms with Crippen LogP contribution < -0.4 is 5.32 Å². The first kappa shape index (κ1) is 6.46. The fourth-order valence-corrected chi connectivity index (χ4v) is 2.38. The van der Waals surface area contributed by atoms with E-state index in [4.69, 9.17) is 0 Å². The fraction of sp³-hybridized carbons (Fsp3) is 0.500. The standard InChI is InChI=1S/C10H11NO/c12-10-7-4-2-1-3-6(7)8-5-9(8)11-10/h1-4,6-9H,5H2,(H,11,12). The molecule has 1 heterocycles. The SMILES string of the molecule is O=C1NC2CC2C2C=CC=CC12. The summed E-state index contributed by atoms with van der Waals surface area (Å²) in [5, 5.41) is 3.03. The first-order chi connectivity index (χ1) is 5.86. The van der Waals surface area contributed by atoms with Crippen molar-refractivity contribution < 1.29 is 4.79 Å². The summed E-state index contributed by atoms with van der Waals surface area (Å²) in [6.45, 7) is 0. The molecule has 2 heteroatoms. The van der Waals surface area contributed by atoms with Gasteiger partial charge in [0.1, 0.15) is 0 Å². The van der Waals surface area contributed by atoms with E-state index in [9.17, 15) is 4.79 Å². The van der Waals surface area contributed by atoms with Crippen molar-refractivity contribution in [3.8, 4) is 0 Å². The van der Waals surface area contributed by atoms with Crippen molar-refractivity contribution in [2.45, 2.75) is 12.5 Å². The molecule has 2 aliphatic carbocycles. The molecule has 1 N–H and O–H groups in total. The van der Waals surface area contributed by atoms with Gasteiger partial charge >= 0.3 is 0 Å². The van der Waals surface area contributed by atoms with Gasteiger partial charge in [0.15, 0.2) is 0 Å². The Bertz CT molecular complexity index is 292. The molecule has 3 rings (SSSR count). The molecule has 62 valence electrons. The predicted molar refractivity (Wildman–Crippen MR) is 45.3 cm³/mol.